The summed E-state index contributed by atoms with van der Waals surface area (Å²) in [7, 11) is 1.97. The normalized spacial score (nSPS) is 13.0. The standard InChI is InChI=1S/C22H29N5/c1-6-23-22(24-14-21-16(3)26-27(5)17(21)4)25-15(2)19-13-9-11-18-10-7-8-12-20(18)19/h7-13,15H,6,14H2,1-5H3,(H2,23,24,25). The van der Waals surface area contributed by atoms with E-state index in [1.54, 1.807) is 0 Å². The molecule has 1 aromatic heterocycles. The molecule has 0 radical (unpaired) electrons. The summed E-state index contributed by atoms with van der Waals surface area (Å²) < 4.78 is 1.92. The van der Waals surface area contributed by atoms with Crippen molar-refractivity contribution in [3.05, 3.63) is 65.0 Å². The molecule has 1 heterocycles. The molecule has 3 rings (SSSR count). The number of benzene rings is 2. The molecule has 0 aliphatic carbocycles. The Morgan fingerprint density at radius 2 is 1.89 bits per heavy atom. The average molecular weight is 364 g/mol. The molecule has 0 bridgehead atoms. The highest BCUT2D eigenvalue weighted by Gasteiger charge is 2.12. The summed E-state index contributed by atoms with van der Waals surface area (Å²) in [6.45, 7) is 9.82. The lowest BCUT2D eigenvalue weighted by molar-refractivity contribution is 0.690. The second kappa shape index (κ2) is 8.25. The van der Waals surface area contributed by atoms with Gasteiger partial charge in [0.2, 0.25) is 0 Å². The third-order valence-corrected chi connectivity index (χ3v) is 5.04. The minimum absolute atomic E-state index is 0.144. The SMILES string of the molecule is CCNC(=NCc1c(C)nn(C)c1C)NC(C)c1cccc2ccccc12. The number of fused-ring (bicyclic) bond motifs is 1. The van der Waals surface area contributed by atoms with Gasteiger partial charge < -0.3 is 10.6 Å². The molecule has 142 valence electrons. The monoisotopic (exact) mass is 363 g/mol. The quantitative estimate of drug-likeness (QED) is 0.532. The Labute approximate surface area is 161 Å². The number of aliphatic imine (C=N–C) groups is 1. The zero-order valence-electron chi connectivity index (χ0n) is 16.9. The number of nitrogens with zero attached hydrogens (tertiary/aromatic N) is 3. The Bertz CT molecular complexity index is 949. The lowest BCUT2D eigenvalue weighted by Crippen LogP contribution is -2.38. The molecule has 3 aromatic rings. The number of nitrogens with one attached hydrogen (secondary N) is 2. The fourth-order valence-corrected chi connectivity index (χ4v) is 3.44. The fourth-order valence-electron chi connectivity index (χ4n) is 3.44. The molecule has 0 spiro atoms. The number of hydrogen-bond acceptors (Lipinski definition) is 2. The fraction of sp³-hybridized carbons (Fsp3) is 0.364. The van der Waals surface area contributed by atoms with Gasteiger partial charge in [0.25, 0.3) is 0 Å². The van der Waals surface area contributed by atoms with Crippen LogP contribution in [0.15, 0.2) is 47.5 Å². The van der Waals surface area contributed by atoms with Crippen LogP contribution in [0.2, 0.25) is 0 Å². The molecule has 2 N–H and O–H groups in total. The lowest BCUT2D eigenvalue weighted by atomic mass is 10.00. The molecule has 5 nitrogen and oxygen atoms in total. The van der Waals surface area contributed by atoms with Crippen LogP contribution in [0.25, 0.3) is 10.8 Å². The highest BCUT2D eigenvalue weighted by Crippen LogP contribution is 2.24. The maximum absolute atomic E-state index is 4.81. The van der Waals surface area contributed by atoms with E-state index in [1.807, 2.05) is 18.7 Å². The van der Waals surface area contributed by atoms with Crippen LogP contribution in [-0.2, 0) is 13.6 Å². The number of aryl methyl sites for hydroxylation is 2. The van der Waals surface area contributed by atoms with E-state index in [1.165, 1.54) is 21.9 Å². The second-order valence-corrected chi connectivity index (χ2v) is 6.90. The van der Waals surface area contributed by atoms with E-state index in [0.29, 0.717) is 6.54 Å². The number of guanidine groups is 1. The number of hydrogen-bond donors (Lipinski definition) is 2. The maximum atomic E-state index is 4.81. The van der Waals surface area contributed by atoms with Crippen molar-refractivity contribution < 1.29 is 0 Å². The number of rotatable bonds is 5. The summed E-state index contributed by atoms with van der Waals surface area (Å²) in [4.78, 5) is 4.81. The lowest BCUT2D eigenvalue weighted by Gasteiger charge is -2.20. The van der Waals surface area contributed by atoms with Crippen LogP contribution in [-0.4, -0.2) is 22.3 Å². The number of aromatic nitrogens is 2. The van der Waals surface area contributed by atoms with Gasteiger partial charge in [-0.25, -0.2) is 4.99 Å². The molecule has 2 aromatic carbocycles. The van der Waals surface area contributed by atoms with Crippen molar-refractivity contribution >= 4 is 16.7 Å². The van der Waals surface area contributed by atoms with Crippen LogP contribution >= 0.6 is 0 Å². The summed E-state index contributed by atoms with van der Waals surface area (Å²) in [6.07, 6.45) is 0. The van der Waals surface area contributed by atoms with Crippen molar-refractivity contribution in [2.24, 2.45) is 12.0 Å². The zero-order valence-corrected chi connectivity index (χ0v) is 16.9. The minimum atomic E-state index is 0.144. The van der Waals surface area contributed by atoms with E-state index < -0.39 is 0 Å². The maximum Gasteiger partial charge on any atom is 0.192 e. The average Bonchev–Trinajstić information content (AvgIpc) is 2.91. The molecule has 0 amide bonds. The molecule has 0 fully saturated rings. The van der Waals surface area contributed by atoms with Crippen LogP contribution < -0.4 is 10.6 Å². The minimum Gasteiger partial charge on any atom is -0.357 e. The molecular formula is C22H29N5. The molecule has 1 atom stereocenters. The molecule has 1 unspecified atom stereocenters. The molecule has 0 saturated carbocycles. The Balaban J connectivity index is 1.83. The summed E-state index contributed by atoms with van der Waals surface area (Å²) in [5.41, 5.74) is 4.66. The van der Waals surface area contributed by atoms with Gasteiger partial charge in [-0.2, -0.15) is 5.10 Å². The van der Waals surface area contributed by atoms with Gasteiger partial charge in [-0.15, -0.1) is 0 Å². The van der Waals surface area contributed by atoms with E-state index in [9.17, 15) is 0 Å². The van der Waals surface area contributed by atoms with Crippen LogP contribution in [0, 0.1) is 13.8 Å². The van der Waals surface area contributed by atoms with Gasteiger partial charge in [0.1, 0.15) is 0 Å². The third kappa shape index (κ3) is 4.13. The molecular weight excluding hydrogens is 334 g/mol. The van der Waals surface area contributed by atoms with Gasteiger partial charge in [-0.05, 0) is 44.0 Å². The van der Waals surface area contributed by atoms with Crippen molar-refractivity contribution in [3.63, 3.8) is 0 Å². The first-order valence-corrected chi connectivity index (χ1v) is 9.52. The Morgan fingerprint density at radius 1 is 1.15 bits per heavy atom. The zero-order chi connectivity index (χ0) is 19.4. The molecule has 0 saturated heterocycles. The van der Waals surface area contributed by atoms with Crippen molar-refractivity contribution in [3.8, 4) is 0 Å². The van der Waals surface area contributed by atoms with Gasteiger partial charge in [0.05, 0.1) is 18.3 Å². The van der Waals surface area contributed by atoms with Crippen molar-refractivity contribution in [2.75, 3.05) is 6.54 Å². The third-order valence-electron chi connectivity index (χ3n) is 5.04. The molecule has 27 heavy (non-hydrogen) atoms. The van der Waals surface area contributed by atoms with E-state index in [4.69, 9.17) is 4.99 Å². The van der Waals surface area contributed by atoms with Crippen LogP contribution in [0.3, 0.4) is 0 Å². The van der Waals surface area contributed by atoms with Crippen LogP contribution in [0.4, 0.5) is 0 Å². The van der Waals surface area contributed by atoms with Crippen LogP contribution in [0.1, 0.15) is 42.4 Å². The molecule has 0 aliphatic heterocycles. The van der Waals surface area contributed by atoms with Crippen molar-refractivity contribution in [1.29, 1.82) is 0 Å². The van der Waals surface area contributed by atoms with Gasteiger partial charge in [0, 0.05) is 24.8 Å². The van der Waals surface area contributed by atoms with Gasteiger partial charge >= 0.3 is 0 Å². The van der Waals surface area contributed by atoms with E-state index in [-0.39, 0.29) is 6.04 Å². The second-order valence-electron chi connectivity index (χ2n) is 6.90. The van der Waals surface area contributed by atoms with Gasteiger partial charge in [-0.1, -0.05) is 42.5 Å². The Hall–Kier alpha value is -2.82. The largest absolute Gasteiger partial charge is 0.357 e. The first-order chi connectivity index (χ1) is 13.0. The van der Waals surface area contributed by atoms with E-state index in [2.05, 4.69) is 79.0 Å². The summed E-state index contributed by atoms with van der Waals surface area (Å²) in [5.74, 6) is 0.820. The van der Waals surface area contributed by atoms with Gasteiger partial charge in [0.15, 0.2) is 5.96 Å². The molecule has 0 aliphatic rings. The van der Waals surface area contributed by atoms with E-state index in [0.717, 1.165) is 23.9 Å². The smallest absolute Gasteiger partial charge is 0.192 e. The summed E-state index contributed by atoms with van der Waals surface area (Å²) in [6, 6.07) is 15.1. The Morgan fingerprint density at radius 3 is 2.59 bits per heavy atom. The summed E-state index contributed by atoms with van der Waals surface area (Å²) >= 11 is 0. The predicted octanol–water partition coefficient (Wildman–Crippen LogP) is 4.01. The first kappa shape index (κ1) is 19.0. The molecule has 5 heteroatoms. The predicted molar refractivity (Wildman–Crippen MR) is 113 cm³/mol. The van der Waals surface area contributed by atoms with Crippen molar-refractivity contribution in [2.45, 2.75) is 40.3 Å². The van der Waals surface area contributed by atoms with Crippen LogP contribution in [0.5, 0.6) is 0 Å². The van der Waals surface area contributed by atoms with Gasteiger partial charge in [-0.3, -0.25) is 4.68 Å². The first-order valence-electron chi connectivity index (χ1n) is 9.52. The topological polar surface area (TPSA) is 54.2 Å². The summed E-state index contributed by atoms with van der Waals surface area (Å²) in [5, 5.41) is 13.9. The highest BCUT2D eigenvalue weighted by molar-refractivity contribution is 5.87. The van der Waals surface area contributed by atoms with Crippen molar-refractivity contribution in [1.82, 2.24) is 20.4 Å². The van der Waals surface area contributed by atoms with E-state index >= 15 is 0 Å². The highest BCUT2D eigenvalue weighted by atomic mass is 15.3. The Kier molecular flexibility index (Phi) is 5.79.